The van der Waals surface area contributed by atoms with E-state index in [4.69, 9.17) is 11.6 Å². The lowest BCUT2D eigenvalue weighted by Crippen LogP contribution is -2.27. The van der Waals surface area contributed by atoms with E-state index in [0.717, 1.165) is 11.8 Å². The predicted molar refractivity (Wildman–Crippen MR) is 134 cm³/mol. The van der Waals surface area contributed by atoms with Gasteiger partial charge in [-0.15, -0.1) is 0 Å². The van der Waals surface area contributed by atoms with Crippen molar-refractivity contribution < 1.29 is 14.7 Å². The molecular formula is C25H20ClN3O4S. The van der Waals surface area contributed by atoms with Gasteiger partial charge in [0.25, 0.3) is 5.56 Å². The lowest BCUT2D eigenvalue weighted by atomic mass is 10.2. The van der Waals surface area contributed by atoms with Gasteiger partial charge >= 0.3 is 5.97 Å². The molecule has 172 valence electrons. The maximum absolute atomic E-state index is 13.4. The number of anilines is 1. The Morgan fingerprint density at radius 2 is 1.79 bits per heavy atom. The molecule has 0 aliphatic carbocycles. The third-order valence-corrected chi connectivity index (χ3v) is 6.79. The first-order valence-electron chi connectivity index (χ1n) is 10.5. The quantitative estimate of drug-likeness (QED) is 0.269. The molecule has 2 N–H and O–H groups in total. The van der Waals surface area contributed by atoms with Crippen LogP contribution in [0.1, 0.15) is 23.7 Å². The number of carboxylic acid groups (broad SMARTS) is 1. The highest BCUT2D eigenvalue weighted by molar-refractivity contribution is 8.00. The van der Waals surface area contributed by atoms with Gasteiger partial charge in [-0.25, -0.2) is 9.78 Å². The van der Waals surface area contributed by atoms with Crippen LogP contribution in [-0.2, 0) is 4.79 Å². The van der Waals surface area contributed by atoms with Crippen molar-refractivity contribution in [1.29, 1.82) is 0 Å². The molecule has 1 amide bonds. The van der Waals surface area contributed by atoms with Gasteiger partial charge in [-0.1, -0.05) is 60.6 Å². The first-order valence-corrected chi connectivity index (χ1v) is 11.7. The molecule has 4 rings (SSSR count). The SMILES string of the molecule is CCC(Sc1nc2ccccc2c(=O)n1-c1ccccc1)C(=O)Nc1cc(C(=O)O)ccc1Cl. The maximum Gasteiger partial charge on any atom is 0.335 e. The Balaban J connectivity index is 1.72. The number of carbonyl (C=O) groups excluding carboxylic acids is 1. The summed E-state index contributed by atoms with van der Waals surface area (Å²) in [6, 6.07) is 20.3. The van der Waals surface area contributed by atoms with Crippen LogP contribution in [0.2, 0.25) is 5.02 Å². The fourth-order valence-electron chi connectivity index (χ4n) is 3.41. The molecule has 1 heterocycles. The van der Waals surface area contributed by atoms with Gasteiger partial charge in [-0.2, -0.15) is 0 Å². The molecule has 34 heavy (non-hydrogen) atoms. The molecule has 0 radical (unpaired) electrons. The minimum Gasteiger partial charge on any atom is -0.478 e. The van der Waals surface area contributed by atoms with Gasteiger partial charge in [0.05, 0.1) is 38.1 Å². The molecule has 0 spiro atoms. The Labute approximate surface area is 204 Å². The largest absolute Gasteiger partial charge is 0.478 e. The first-order chi connectivity index (χ1) is 16.4. The summed E-state index contributed by atoms with van der Waals surface area (Å²) in [6.45, 7) is 1.85. The number of thioether (sulfide) groups is 1. The lowest BCUT2D eigenvalue weighted by molar-refractivity contribution is -0.115. The number of aromatic carboxylic acids is 1. The summed E-state index contributed by atoms with van der Waals surface area (Å²) in [5, 5.41) is 12.4. The van der Waals surface area contributed by atoms with E-state index in [2.05, 4.69) is 10.3 Å². The van der Waals surface area contributed by atoms with Crippen molar-refractivity contribution in [3.8, 4) is 5.69 Å². The molecule has 0 bridgehead atoms. The summed E-state index contributed by atoms with van der Waals surface area (Å²) in [6.07, 6.45) is 0.435. The van der Waals surface area contributed by atoms with Gasteiger partial charge in [-0.05, 0) is 48.9 Å². The van der Waals surface area contributed by atoms with Crippen molar-refractivity contribution in [3.05, 3.63) is 93.7 Å². The molecule has 3 aromatic carbocycles. The topological polar surface area (TPSA) is 101 Å². The highest BCUT2D eigenvalue weighted by atomic mass is 35.5. The highest BCUT2D eigenvalue weighted by Gasteiger charge is 2.23. The van der Waals surface area contributed by atoms with Crippen molar-refractivity contribution in [2.45, 2.75) is 23.8 Å². The number of aromatic nitrogens is 2. The second kappa shape index (κ2) is 10.1. The smallest absolute Gasteiger partial charge is 0.335 e. The Morgan fingerprint density at radius 1 is 1.09 bits per heavy atom. The van der Waals surface area contributed by atoms with Crippen LogP contribution in [0.25, 0.3) is 16.6 Å². The van der Waals surface area contributed by atoms with Crippen LogP contribution >= 0.6 is 23.4 Å². The number of rotatable bonds is 7. The van der Waals surface area contributed by atoms with E-state index >= 15 is 0 Å². The number of amides is 1. The zero-order valence-electron chi connectivity index (χ0n) is 18.1. The molecule has 0 aliphatic rings. The predicted octanol–water partition coefficient (Wildman–Crippen LogP) is 5.25. The van der Waals surface area contributed by atoms with Crippen LogP contribution in [-0.4, -0.2) is 31.8 Å². The Morgan fingerprint density at radius 3 is 2.50 bits per heavy atom. The standard InChI is InChI=1S/C25H20ClN3O4S/c1-2-21(22(30)27-20-14-15(24(32)33)12-13-18(20)26)34-25-28-19-11-7-6-10-17(19)23(31)29(25)16-8-4-3-5-9-16/h3-14,21H,2H2,1H3,(H,27,30)(H,32,33). The van der Waals surface area contributed by atoms with Crippen LogP contribution < -0.4 is 10.9 Å². The van der Waals surface area contributed by atoms with Gasteiger partial charge in [0.15, 0.2) is 5.16 Å². The van der Waals surface area contributed by atoms with E-state index in [-0.39, 0.29) is 27.7 Å². The van der Waals surface area contributed by atoms with Crippen LogP contribution in [0.15, 0.2) is 82.7 Å². The molecule has 0 aliphatic heterocycles. The van der Waals surface area contributed by atoms with E-state index < -0.39 is 11.2 Å². The molecule has 0 fully saturated rings. The Bertz CT molecular complexity index is 1440. The number of fused-ring (bicyclic) bond motifs is 1. The number of benzene rings is 3. The molecule has 1 aromatic heterocycles. The molecule has 4 aromatic rings. The van der Waals surface area contributed by atoms with Gasteiger partial charge in [0.2, 0.25) is 5.91 Å². The number of nitrogens with one attached hydrogen (secondary N) is 1. The van der Waals surface area contributed by atoms with E-state index in [1.165, 1.54) is 22.8 Å². The number of hydrogen-bond donors (Lipinski definition) is 2. The second-order valence-corrected chi connectivity index (χ2v) is 8.97. The van der Waals surface area contributed by atoms with Crippen molar-refractivity contribution in [2.75, 3.05) is 5.32 Å². The van der Waals surface area contributed by atoms with Gasteiger partial charge in [0.1, 0.15) is 0 Å². The minimum atomic E-state index is -1.12. The molecule has 7 nitrogen and oxygen atoms in total. The molecule has 0 saturated heterocycles. The monoisotopic (exact) mass is 493 g/mol. The summed E-state index contributed by atoms with van der Waals surface area (Å²) in [4.78, 5) is 42.5. The number of carbonyl (C=O) groups is 2. The zero-order valence-corrected chi connectivity index (χ0v) is 19.6. The van der Waals surface area contributed by atoms with Crippen molar-refractivity contribution >= 4 is 51.8 Å². The lowest BCUT2D eigenvalue weighted by Gasteiger charge is -2.18. The number of para-hydroxylation sites is 2. The van der Waals surface area contributed by atoms with Crippen molar-refractivity contribution in [2.24, 2.45) is 0 Å². The second-order valence-electron chi connectivity index (χ2n) is 7.39. The van der Waals surface area contributed by atoms with Crippen LogP contribution in [0.4, 0.5) is 5.69 Å². The zero-order chi connectivity index (χ0) is 24.2. The Kier molecular flexibility index (Phi) is 7.00. The molecule has 1 unspecified atom stereocenters. The minimum absolute atomic E-state index is 0.00881. The molecule has 9 heteroatoms. The first kappa shape index (κ1) is 23.5. The number of nitrogens with zero attached hydrogens (tertiary/aromatic N) is 2. The van der Waals surface area contributed by atoms with Crippen molar-refractivity contribution in [1.82, 2.24) is 9.55 Å². The van der Waals surface area contributed by atoms with Gasteiger partial charge in [0, 0.05) is 0 Å². The fourth-order valence-corrected chi connectivity index (χ4v) is 4.61. The van der Waals surface area contributed by atoms with E-state index in [0.29, 0.717) is 28.2 Å². The normalized spacial score (nSPS) is 11.8. The highest BCUT2D eigenvalue weighted by Crippen LogP contribution is 2.29. The fraction of sp³-hybridized carbons (Fsp3) is 0.120. The average Bonchev–Trinajstić information content (AvgIpc) is 2.84. The molecule has 1 atom stereocenters. The number of hydrogen-bond acceptors (Lipinski definition) is 5. The maximum atomic E-state index is 13.4. The third kappa shape index (κ3) is 4.83. The van der Waals surface area contributed by atoms with Crippen LogP contribution in [0.3, 0.4) is 0 Å². The summed E-state index contributed by atoms with van der Waals surface area (Å²) in [7, 11) is 0. The number of halogens is 1. The molecular weight excluding hydrogens is 474 g/mol. The van der Waals surface area contributed by atoms with Gasteiger partial charge < -0.3 is 10.4 Å². The van der Waals surface area contributed by atoms with Crippen LogP contribution in [0, 0.1) is 0 Å². The number of carboxylic acids is 1. The van der Waals surface area contributed by atoms with E-state index in [9.17, 15) is 19.5 Å². The Hall–Kier alpha value is -3.62. The van der Waals surface area contributed by atoms with Crippen molar-refractivity contribution in [3.63, 3.8) is 0 Å². The van der Waals surface area contributed by atoms with E-state index in [1.54, 1.807) is 36.4 Å². The summed E-state index contributed by atoms with van der Waals surface area (Å²) in [5.74, 6) is -1.50. The summed E-state index contributed by atoms with van der Waals surface area (Å²) >= 11 is 7.34. The van der Waals surface area contributed by atoms with Gasteiger partial charge in [-0.3, -0.25) is 14.2 Å². The van der Waals surface area contributed by atoms with Crippen LogP contribution in [0.5, 0.6) is 0 Å². The molecule has 0 saturated carbocycles. The summed E-state index contributed by atoms with van der Waals surface area (Å²) < 4.78 is 1.50. The average molecular weight is 494 g/mol. The van der Waals surface area contributed by atoms with E-state index in [1.807, 2.05) is 25.1 Å². The summed E-state index contributed by atoms with van der Waals surface area (Å²) in [5.41, 5.74) is 1.16. The third-order valence-electron chi connectivity index (χ3n) is 5.14.